The first kappa shape index (κ1) is 6.55. The summed E-state index contributed by atoms with van der Waals surface area (Å²) in [6.07, 6.45) is 5.63. The van der Waals surface area contributed by atoms with Gasteiger partial charge in [0.2, 0.25) is 0 Å². The van der Waals surface area contributed by atoms with E-state index >= 15 is 0 Å². The lowest BCUT2D eigenvalue weighted by atomic mass is 10.4. The molecule has 0 aromatic heterocycles. The third-order valence-electron chi connectivity index (χ3n) is 1.06. The molecule has 0 unspecified atom stereocenters. The fourth-order valence-corrected chi connectivity index (χ4v) is 0.763. The van der Waals surface area contributed by atoms with Crippen molar-refractivity contribution in [3.63, 3.8) is 0 Å². The molecule has 2 nitrogen and oxygen atoms in total. The number of hydrogen-bond donors (Lipinski definition) is 0. The van der Waals surface area contributed by atoms with Gasteiger partial charge in [0.05, 0.1) is 0 Å². The number of nitrogens with zero attached hydrogens (tertiary/aromatic N) is 2. The van der Waals surface area contributed by atoms with Gasteiger partial charge in [-0.3, -0.25) is 9.98 Å². The highest BCUT2D eigenvalue weighted by molar-refractivity contribution is 7.79. The molecule has 9 heavy (non-hydrogen) atoms. The summed E-state index contributed by atoms with van der Waals surface area (Å²) < 4.78 is 0. The molecule has 0 saturated carbocycles. The summed E-state index contributed by atoms with van der Waals surface area (Å²) in [5, 5.41) is 1.57. The van der Waals surface area contributed by atoms with E-state index in [1.54, 1.807) is 5.37 Å². The summed E-state index contributed by atoms with van der Waals surface area (Å²) in [6, 6.07) is 0. The fourth-order valence-electron chi connectivity index (χ4n) is 0.623. The predicted octanol–water partition coefficient (Wildman–Crippen LogP) is 1.25. The Morgan fingerprint density at radius 1 is 1.33 bits per heavy atom. The summed E-state index contributed by atoms with van der Waals surface area (Å²) in [5.74, 6) is 0. The summed E-state index contributed by atoms with van der Waals surface area (Å²) in [6.45, 7) is 0. The second-order valence-electron chi connectivity index (χ2n) is 1.79. The SMILES string of the molecule is S=CC1N=CCCC=N1. The maximum atomic E-state index is 4.68. The van der Waals surface area contributed by atoms with Crippen LogP contribution in [-0.2, 0) is 0 Å². The summed E-state index contributed by atoms with van der Waals surface area (Å²) in [5.41, 5.74) is 0. The largest absolute Gasteiger partial charge is 0.266 e. The molecule has 48 valence electrons. The smallest absolute Gasteiger partial charge is 0.167 e. The lowest BCUT2D eigenvalue weighted by Crippen LogP contribution is -1.98. The number of thiocarbonyl (C=S) groups is 1. The molecule has 0 amide bonds. The van der Waals surface area contributed by atoms with Gasteiger partial charge in [0.1, 0.15) is 0 Å². The third-order valence-corrected chi connectivity index (χ3v) is 1.31. The van der Waals surface area contributed by atoms with Gasteiger partial charge in [-0.15, -0.1) is 0 Å². The highest BCUT2D eigenvalue weighted by atomic mass is 32.1. The van der Waals surface area contributed by atoms with Gasteiger partial charge in [0.15, 0.2) is 6.17 Å². The highest BCUT2D eigenvalue weighted by Gasteiger charge is 1.96. The van der Waals surface area contributed by atoms with E-state index in [4.69, 9.17) is 0 Å². The molecule has 0 aromatic carbocycles. The molecular weight excluding hydrogens is 132 g/mol. The predicted molar refractivity (Wildman–Crippen MR) is 43.7 cm³/mol. The minimum Gasteiger partial charge on any atom is -0.266 e. The van der Waals surface area contributed by atoms with E-state index in [2.05, 4.69) is 22.2 Å². The Morgan fingerprint density at radius 3 is 2.33 bits per heavy atom. The van der Waals surface area contributed by atoms with Gasteiger partial charge in [0, 0.05) is 17.8 Å². The first-order chi connectivity index (χ1) is 4.43. The average molecular weight is 140 g/mol. The van der Waals surface area contributed by atoms with Crippen LogP contribution in [0.2, 0.25) is 0 Å². The van der Waals surface area contributed by atoms with Crippen LogP contribution in [0, 0.1) is 0 Å². The van der Waals surface area contributed by atoms with Crippen LogP contribution in [0.5, 0.6) is 0 Å². The maximum Gasteiger partial charge on any atom is 0.167 e. The summed E-state index contributed by atoms with van der Waals surface area (Å²) >= 11 is 4.68. The van der Waals surface area contributed by atoms with Crippen LogP contribution in [0.4, 0.5) is 0 Å². The van der Waals surface area contributed by atoms with Crippen molar-refractivity contribution in [3.05, 3.63) is 0 Å². The Labute approximate surface area is 59.7 Å². The molecular formula is C6H8N2S. The molecule has 1 aliphatic heterocycles. The van der Waals surface area contributed by atoms with Crippen LogP contribution in [0.3, 0.4) is 0 Å². The Balaban J connectivity index is 2.58. The quantitative estimate of drug-likeness (QED) is 0.503. The van der Waals surface area contributed by atoms with Gasteiger partial charge in [0.25, 0.3) is 0 Å². The lowest BCUT2D eigenvalue weighted by Gasteiger charge is -1.92. The molecule has 1 aliphatic rings. The zero-order valence-electron chi connectivity index (χ0n) is 5.03. The fraction of sp³-hybridized carbons (Fsp3) is 0.500. The zero-order valence-corrected chi connectivity index (χ0v) is 5.84. The van der Waals surface area contributed by atoms with Crippen molar-refractivity contribution in [2.75, 3.05) is 0 Å². The first-order valence-corrected chi connectivity index (χ1v) is 3.39. The standard InChI is InChI=1S/C6H8N2S/c9-5-6-7-3-1-2-4-8-6/h3-6H,1-2H2. The third kappa shape index (κ3) is 2.01. The first-order valence-electron chi connectivity index (χ1n) is 2.92. The van der Waals surface area contributed by atoms with Crippen LogP contribution in [0.25, 0.3) is 0 Å². The van der Waals surface area contributed by atoms with Crippen molar-refractivity contribution in [2.45, 2.75) is 19.0 Å². The van der Waals surface area contributed by atoms with Crippen LogP contribution < -0.4 is 0 Å². The van der Waals surface area contributed by atoms with Crippen molar-refractivity contribution in [1.82, 2.24) is 0 Å². The van der Waals surface area contributed by atoms with E-state index in [9.17, 15) is 0 Å². The minimum atomic E-state index is -0.0949. The molecule has 0 radical (unpaired) electrons. The molecule has 0 aromatic rings. The van der Waals surface area contributed by atoms with Gasteiger partial charge in [-0.25, -0.2) is 0 Å². The van der Waals surface area contributed by atoms with Crippen LogP contribution in [0.15, 0.2) is 9.98 Å². The van der Waals surface area contributed by atoms with Gasteiger partial charge in [-0.05, 0) is 12.8 Å². The van der Waals surface area contributed by atoms with Crippen LogP contribution in [-0.4, -0.2) is 24.0 Å². The van der Waals surface area contributed by atoms with E-state index in [0.29, 0.717) is 0 Å². The van der Waals surface area contributed by atoms with Crippen molar-refractivity contribution in [2.24, 2.45) is 9.98 Å². The zero-order chi connectivity index (χ0) is 6.53. The Morgan fingerprint density at radius 2 is 1.89 bits per heavy atom. The molecule has 0 N–H and O–H groups in total. The maximum absolute atomic E-state index is 4.68. The second-order valence-corrected chi connectivity index (χ2v) is 2.06. The van der Waals surface area contributed by atoms with E-state index in [1.807, 2.05) is 12.4 Å². The van der Waals surface area contributed by atoms with Crippen LogP contribution in [0.1, 0.15) is 12.8 Å². The lowest BCUT2D eigenvalue weighted by molar-refractivity contribution is 0.968. The Bertz CT molecular complexity index is 137. The number of aliphatic imine (C=N–C) groups is 2. The van der Waals surface area contributed by atoms with Gasteiger partial charge < -0.3 is 0 Å². The molecule has 3 heteroatoms. The molecule has 0 saturated heterocycles. The number of rotatable bonds is 1. The average Bonchev–Trinajstić information content (AvgIpc) is 2.13. The molecule has 1 rings (SSSR count). The van der Waals surface area contributed by atoms with Crippen LogP contribution >= 0.6 is 12.2 Å². The highest BCUT2D eigenvalue weighted by Crippen LogP contribution is 1.95. The molecule has 1 heterocycles. The van der Waals surface area contributed by atoms with Crippen molar-refractivity contribution < 1.29 is 0 Å². The minimum absolute atomic E-state index is 0.0949. The molecule has 0 atom stereocenters. The van der Waals surface area contributed by atoms with E-state index in [1.165, 1.54) is 0 Å². The van der Waals surface area contributed by atoms with Crippen molar-refractivity contribution >= 4 is 30.0 Å². The second kappa shape index (κ2) is 3.45. The van der Waals surface area contributed by atoms with Gasteiger partial charge in [-0.1, -0.05) is 12.2 Å². The molecule has 0 fully saturated rings. The van der Waals surface area contributed by atoms with E-state index < -0.39 is 0 Å². The Kier molecular flexibility index (Phi) is 2.51. The summed E-state index contributed by atoms with van der Waals surface area (Å²) in [7, 11) is 0. The molecule has 0 bridgehead atoms. The molecule has 0 aliphatic carbocycles. The number of hydrogen-bond acceptors (Lipinski definition) is 3. The normalized spacial score (nSPS) is 19.6. The van der Waals surface area contributed by atoms with Gasteiger partial charge >= 0.3 is 0 Å². The summed E-state index contributed by atoms with van der Waals surface area (Å²) in [4.78, 5) is 8.12. The van der Waals surface area contributed by atoms with Crippen molar-refractivity contribution in [3.8, 4) is 0 Å². The van der Waals surface area contributed by atoms with E-state index in [0.717, 1.165) is 12.8 Å². The monoisotopic (exact) mass is 140 g/mol. The topological polar surface area (TPSA) is 24.7 Å². The van der Waals surface area contributed by atoms with Crippen molar-refractivity contribution in [1.29, 1.82) is 0 Å². The van der Waals surface area contributed by atoms with E-state index in [-0.39, 0.29) is 6.17 Å². The Hall–Kier alpha value is -0.570. The molecule has 0 spiro atoms. The van der Waals surface area contributed by atoms with Gasteiger partial charge in [-0.2, -0.15) is 0 Å².